The van der Waals surface area contributed by atoms with Crippen LogP contribution in [-0.4, -0.2) is 71.3 Å². The van der Waals surface area contributed by atoms with Crippen LogP contribution in [0.15, 0.2) is 30.3 Å². The van der Waals surface area contributed by atoms with Crippen molar-refractivity contribution < 1.29 is 23.8 Å². The van der Waals surface area contributed by atoms with E-state index in [4.69, 9.17) is 49.0 Å². The van der Waals surface area contributed by atoms with Crippen LogP contribution in [0.25, 0.3) is 0 Å². The summed E-state index contributed by atoms with van der Waals surface area (Å²) in [5, 5.41) is 0. The number of carbonyl (C=O) groups excluding carboxylic acids is 2. The average Bonchev–Trinajstić information content (AvgIpc) is 3.20. The van der Waals surface area contributed by atoms with E-state index in [2.05, 4.69) is 0 Å². The maximum Gasteiger partial charge on any atom is 0.410 e. The first-order valence-electron chi connectivity index (χ1n) is 10.8. The van der Waals surface area contributed by atoms with Gasteiger partial charge in [-0.1, -0.05) is 65.1 Å². The van der Waals surface area contributed by atoms with Crippen molar-refractivity contribution >= 4 is 59.4 Å². The molecular weight excluding hydrogens is 514 g/mol. The zero-order valence-corrected chi connectivity index (χ0v) is 22.0. The van der Waals surface area contributed by atoms with Gasteiger partial charge in [-0.2, -0.15) is 0 Å². The highest BCUT2D eigenvalue weighted by Crippen LogP contribution is 2.33. The molecule has 2 aliphatic heterocycles. The first kappa shape index (κ1) is 29.9. The third kappa shape index (κ3) is 10.4. The second kappa shape index (κ2) is 15.0. The minimum Gasteiger partial charge on any atom is -0.445 e. The largest absolute Gasteiger partial charge is 0.445 e. The molecule has 2 amide bonds. The number of benzene rings is 1. The summed E-state index contributed by atoms with van der Waals surface area (Å²) in [5.74, 6) is 0.353. The van der Waals surface area contributed by atoms with Gasteiger partial charge in [-0.25, -0.2) is 9.59 Å². The molecule has 0 radical (unpaired) electrons. The molecule has 0 spiro atoms. The Morgan fingerprint density at radius 1 is 1.00 bits per heavy atom. The monoisotopic (exact) mass is 544 g/mol. The maximum absolute atomic E-state index is 12.5. The molecule has 2 aliphatic rings. The van der Waals surface area contributed by atoms with E-state index in [1.54, 1.807) is 9.80 Å². The lowest BCUT2D eigenvalue weighted by Crippen LogP contribution is -2.52. The Morgan fingerprint density at radius 3 is 2.21 bits per heavy atom. The smallest absolute Gasteiger partial charge is 0.410 e. The molecule has 3 rings (SSSR count). The van der Waals surface area contributed by atoms with Crippen molar-refractivity contribution in [1.29, 1.82) is 0 Å². The number of carbonyl (C=O) groups is 2. The highest BCUT2D eigenvalue weighted by atomic mass is 35.6. The molecule has 0 aliphatic carbocycles. The van der Waals surface area contributed by atoms with E-state index in [1.165, 1.54) is 0 Å². The first-order chi connectivity index (χ1) is 15.2. The van der Waals surface area contributed by atoms with E-state index in [0.29, 0.717) is 25.6 Å². The van der Waals surface area contributed by atoms with Gasteiger partial charge in [-0.05, 0) is 38.2 Å². The van der Waals surface area contributed by atoms with Crippen LogP contribution in [0.1, 0.15) is 32.3 Å². The fourth-order valence-corrected chi connectivity index (χ4v) is 3.94. The van der Waals surface area contributed by atoms with Crippen LogP contribution in [0.3, 0.4) is 0 Å². The number of rotatable bonds is 5. The fourth-order valence-electron chi connectivity index (χ4n) is 3.77. The molecule has 1 aromatic rings. The molecule has 0 bridgehead atoms. The van der Waals surface area contributed by atoms with Gasteiger partial charge in [-0.15, -0.1) is 12.4 Å². The van der Waals surface area contributed by atoms with Crippen molar-refractivity contribution in [1.82, 2.24) is 9.80 Å². The normalized spacial score (nSPS) is 19.5. The number of nitrogens with zero attached hydrogens (tertiary/aromatic N) is 2. The summed E-state index contributed by atoms with van der Waals surface area (Å²) in [5.41, 5.74) is 0.933. The van der Waals surface area contributed by atoms with Gasteiger partial charge in [0, 0.05) is 32.8 Å². The number of amides is 2. The Hall–Kier alpha value is -1.12. The van der Waals surface area contributed by atoms with Crippen molar-refractivity contribution in [3.8, 4) is 0 Å². The molecule has 0 aromatic heterocycles. The predicted molar refractivity (Wildman–Crippen MR) is 132 cm³/mol. The lowest BCUT2D eigenvalue weighted by atomic mass is 9.92. The van der Waals surface area contributed by atoms with Gasteiger partial charge >= 0.3 is 12.2 Å². The van der Waals surface area contributed by atoms with Crippen LogP contribution in [0.5, 0.6) is 0 Å². The van der Waals surface area contributed by atoms with Crippen LogP contribution in [-0.2, 0) is 20.8 Å². The van der Waals surface area contributed by atoms with Gasteiger partial charge < -0.3 is 24.0 Å². The van der Waals surface area contributed by atoms with E-state index >= 15 is 0 Å². The van der Waals surface area contributed by atoms with Crippen LogP contribution >= 0.6 is 47.2 Å². The predicted octanol–water partition coefficient (Wildman–Crippen LogP) is 5.69. The number of piperidine rings is 1. The third-order valence-corrected chi connectivity index (χ3v) is 5.66. The van der Waals surface area contributed by atoms with E-state index in [-0.39, 0.29) is 37.8 Å². The van der Waals surface area contributed by atoms with E-state index < -0.39 is 9.89 Å². The molecule has 0 N–H and O–H groups in total. The lowest BCUT2D eigenvalue weighted by Gasteiger charge is -2.37. The topological polar surface area (TPSA) is 68.3 Å². The van der Waals surface area contributed by atoms with Gasteiger partial charge in [0.25, 0.3) is 0 Å². The fraction of sp³-hybridized carbons (Fsp3) is 0.636. The Bertz CT molecular complexity index is 718. The number of hydrogen-bond acceptors (Lipinski definition) is 5. The summed E-state index contributed by atoms with van der Waals surface area (Å²) in [4.78, 5) is 28.0. The zero-order chi connectivity index (χ0) is 23.6. The molecular formula is C22H32Cl4N2O5. The number of hydrogen-bond donors (Lipinski definition) is 0. The highest BCUT2D eigenvalue weighted by Gasteiger charge is 2.43. The molecule has 2 atom stereocenters. The average molecular weight is 546 g/mol. The number of ether oxygens (including phenoxy) is 3. The van der Waals surface area contributed by atoms with Crippen molar-refractivity contribution in [2.75, 3.05) is 39.5 Å². The molecule has 1 aromatic carbocycles. The van der Waals surface area contributed by atoms with Gasteiger partial charge in [0.2, 0.25) is 3.79 Å². The first-order valence-corrected chi connectivity index (χ1v) is 11.9. The Morgan fingerprint density at radius 2 is 1.64 bits per heavy atom. The standard InChI is InChI=1S/C18H21Cl3N2O4.C4H10O.ClH/c19-18(20,21)12-27-16(24)22-8-6-14-7-9-23(15(14)10-22)17(25)26-11-13-4-2-1-3-5-13;1-3-5-4-2;/h1-5,14-15H,6-12H2;3-4H2,1-2H3;1H/t14?,15-;;/m1../s1. The van der Waals surface area contributed by atoms with Crippen molar-refractivity contribution in [3.05, 3.63) is 35.9 Å². The molecule has 2 fully saturated rings. The SMILES string of the molecule is CCOCC.Cl.O=C(OCC(Cl)(Cl)Cl)N1CCC2CCN(C(=O)OCc3ccccc3)[C@@H]2C1. The molecule has 188 valence electrons. The molecule has 0 saturated carbocycles. The van der Waals surface area contributed by atoms with Crippen LogP contribution in [0, 0.1) is 5.92 Å². The van der Waals surface area contributed by atoms with Crippen LogP contribution in [0.2, 0.25) is 0 Å². The number of likely N-dealkylation sites (tertiary alicyclic amines) is 2. The van der Waals surface area contributed by atoms with Gasteiger partial charge in [0.15, 0.2) is 0 Å². The van der Waals surface area contributed by atoms with Crippen molar-refractivity contribution in [2.24, 2.45) is 5.92 Å². The van der Waals surface area contributed by atoms with E-state index in [0.717, 1.165) is 31.6 Å². The van der Waals surface area contributed by atoms with Crippen molar-refractivity contribution in [3.63, 3.8) is 0 Å². The van der Waals surface area contributed by atoms with Crippen LogP contribution < -0.4 is 0 Å². The van der Waals surface area contributed by atoms with Gasteiger partial charge in [0.05, 0.1) is 6.04 Å². The molecule has 7 nitrogen and oxygen atoms in total. The molecule has 2 saturated heterocycles. The van der Waals surface area contributed by atoms with Gasteiger partial charge in [0.1, 0.15) is 13.2 Å². The van der Waals surface area contributed by atoms with Gasteiger partial charge in [-0.3, -0.25) is 0 Å². The molecule has 11 heteroatoms. The zero-order valence-electron chi connectivity index (χ0n) is 18.9. The van der Waals surface area contributed by atoms with E-state index in [1.807, 2.05) is 44.2 Å². The highest BCUT2D eigenvalue weighted by molar-refractivity contribution is 6.67. The van der Waals surface area contributed by atoms with Crippen molar-refractivity contribution in [2.45, 2.75) is 43.1 Å². The number of alkyl halides is 3. The second-order valence-corrected chi connectivity index (χ2v) is 10.1. The van der Waals surface area contributed by atoms with E-state index in [9.17, 15) is 9.59 Å². The Kier molecular flexibility index (Phi) is 13.6. The summed E-state index contributed by atoms with van der Waals surface area (Å²) in [6.45, 7) is 7.16. The summed E-state index contributed by atoms with van der Waals surface area (Å²) >= 11 is 16.9. The quantitative estimate of drug-likeness (QED) is 0.444. The minimum absolute atomic E-state index is 0. The summed E-state index contributed by atoms with van der Waals surface area (Å²) < 4.78 is 13.7. The Balaban J connectivity index is 0.000000821. The molecule has 1 unspecified atom stereocenters. The lowest BCUT2D eigenvalue weighted by molar-refractivity contribution is 0.0526. The summed E-state index contributed by atoms with van der Waals surface area (Å²) in [6, 6.07) is 9.44. The number of halogens is 4. The molecule has 33 heavy (non-hydrogen) atoms. The second-order valence-electron chi connectivity index (χ2n) is 7.54. The Labute approximate surface area is 217 Å². The summed E-state index contributed by atoms with van der Waals surface area (Å²) in [6.07, 6.45) is 0.810. The maximum atomic E-state index is 12.5. The number of fused-ring (bicyclic) bond motifs is 1. The van der Waals surface area contributed by atoms with Crippen LogP contribution in [0.4, 0.5) is 9.59 Å². The minimum atomic E-state index is -1.64. The molecule has 2 heterocycles. The summed E-state index contributed by atoms with van der Waals surface area (Å²) in [7, 11) is 0. The third-order valence-electron chi connectivity index (χ3n) is 5.33.